The number of aryl methyl sites for hydroxylation is 1. The normalized spacial score (nSPS) is 10.3. The summed E-state index contributed by atoms with van der Waals surface area (Å²) in [5, 5.41) is 4.43. The summed E-state index contributed by atoms with van der Waals surface area (Å²) in [5.41, 5.74) is 1.91. The Hall–Kier alpha value is -2.10. The van der Waals surface area contributed by atoms with Gasteiger partial charge in [0, 0.05) is 12.6 Å². The number of carbonyl (C=O) groups excluding carboxylic acids is 1. The van der Waals surface area contributed by atoms with Gasteiger partial charge in [0.25, 0.3) is 0 Å². The first-order chi connectivity index (χ1) is 8.69. The minimum Gasteiger partial charge on any atom is -0.497 e. The van der Waals surface area contributed by atoms with Gasteiger partial charge in [-0.3, -0.25) is 0 Å². The topological polar surface area (TPSA) is 44.1 Å². The molecule has 94 valence electrons. The molecule has 0 aliphatic heterocycles. The third-order valence-corrected chi connectivity index (χ3v) is 2.71. The fourth-order valence-electron chi connectivity index (χ4n) is 1.68. The number of hydrogen-bond donors (Lipinski definition) is 0. The van der Waals surface area contributed by atoms with E-state index in [0.717, 1.165) is 17.1 Å². The Morgan fingerprint density at radius 1 is 1.28 bits per heavy atom. The van der Waals surface area contributed by atoms with E-state index in [4.69, 9.17) is 4.74 Å². The molecule has 0 atom stereocenters. The van der Waals surface area contributed by atoms with E-state index in [-0.39, 0.29) is 5.78 Å². The van der Waals surface area contributed by atoms with Gasteiger partial charge in [-0.15, -0.1) is 0 Å². The second-order valence-corrected chi connectivity index (χ2v) is 4.15. The van der Waals surface area contributed by atoms with Crippen LogP contribution in [0.25, 0.3) is 5.69 Å². The number of hydrogen-bond acceptors (Lipinski definition) is 3. The molecule has 0 aliphatic rings. The van der Waals surface area contributed by atoms with Crippen molar-refractivity contribution in [1.29, 1.82) is 0 Å². The average molecular weight is 244 g/mol. The van der Waals surface area contributed by atoms with Gasteiger partial charge in [0.15, 0.2) is 0 Å². The third-order valence-electron chi connectivity index (χ3n) is 2.71. The van der Waals surface area contributed by atoms with Crippen LogP contribution < -0.4 is 4.74 Å². The van der Waals surface area contributed by atoms with E-state index < -0.39 is 0 Å². The van der Waals surface area contributed by atoms with Gasteiger partial charge in [0.05, 0.1) is 18.5 Å². The second-order valence-electron chi connectivity index (χ2n) is 4.15. The van der Waals surface area contributed by atoms with Crippen molar-refractivity contribution >= 4 is 5.78 Å². The highest BCUT2D eigenvalue weighted by molar-refractivity contribution is 5.75. The largest absolute Gasteiger partial charge is 0.497 e. The quantitative estimate of drug-likeness (QED) is 0.811. The Morgan fingerprint density at radius 3 is 2.61 bits per heavy atom. The zero-order valence-electron chi connectivity index (χ0n) is 10.6. The van der Waals surface area contributed by atoms with E-state index in [1.807, 2.05) is 36.5 Å². The monoisotopic (exact) mass is 244 g/mol. The van der Waals surface area contributed by atoms with E-state index in [1.54, 1.807) is 18.7 Å². The molecule has 0 amide bonds. The van der Waals surface area contributed by atoms with Crippen LogP contribution in [0.2, 0.25) is 0 Å². The molecule has 2 rings (SSSR count). The third kappa shape index (κ3) is 2.97. The van der Waals surface area contributed by atoms with Crippen molar-refractivity contribution in [2.24, 2.45) is 0 Å². The van der Waals surface area contributed by atoms with Crippen molar-refractivity contribution in [2.75, 3.05) is 7.11 Å². The first-order valence-electron chi connectivity index (χ1n) is 5.87. The molecule has 0 radical (unpaired) electrons. The maximum atomic E-state index is 10.9. The maximum absolute atomic E-state index is 10.9. The average Bonchev–Trinajstić information content (AvgIpc) is 2.85. The van der Waals surface area contributed by atoms with Gasteiger partial charge < -0.3 is 9.53 Å². The number of benzene rings is 1. The second kappa shape index (κ2) is 5.49. The Kier molecular flexibility index (Phi) is 3.77. The molecule has 0 spiro atoms. The highest BCUT2D eigenvalue weighted by Gasteiger charge is 2.03. The highest BCUT2D eigenvalue weighted by atomic mass is 16.5. The summed E-state index contributed by atoms with van der Waals surface area (Å²) in [4.78, 5) is 10.9. The van der Waals surface area contributed by atoms with Crippen LogP contribution in [0.3, 0.4) is 0 Å². The van der Waals surface area contributed by atoms with Gasteiger partial charge >= 0.3 is 0 Å². The van der Waals surface area contributed by atoms with Gasteiger partial charge in [0.1, 0.15) is 11.5 Å². The van der Waals surface area contributed by atoms with Gasteiger partial charge in [-0.05, 0) is 43.7 Å². The van der Waals surface area contributed by atoms with E-state index in [0.29, 0.717) is 12.8 Å². The zero-order chi connectivity index (χ0) is 13.0. The Bertz CT molecular complexity index is 529. The van der Waals surface area contributed by atoms with Crippen molar-refractivity contribution in [3.8, 4) is 11.4 Å². The van der Waals surface area contributed by atoms with Gasteiger partial charge in [-0.25, -0.2) is 4.68 Å². The predicted octanol–water partition coefficient (Wildman–Crippen LogP) is 2.40. The lowest BCUT2D eigenvalue weighted by Crippen LogP contribution is -1.98. The summed E-state index contributed by atoms with van der Waals surface area (Å²) in [6.07, 6.45) is 3.13. The molecular weight excluding hydrogens is 228 g/mol. The van der Waals surface area contributed by atoms with Crippen molar-refractivity contribution in [2.45, 2.75) is 19.8 Å². The van der Waals surface area contributed by atoms with Crippen molar-refractivity contribution in [1.82, 2.24) is 9.78 Å². The molecule has 0 fully saturated rings. The van der Waals surface area contributed by atoms with Crippen LogP contribution in [0.4, 0.5) is 0 Å². The molecule has 18 heavy (non-hydrogen) atoms. The minimum absolute atomic E-state index is 0.189. The molecule has 0 aliphatic carbocycles. The van der Waals surface area contributed by atoms with Crippen molar-refractivity contribution in [3.05, 3.63) is 42.2 Å². The summed E-state index contributed by atoms with van der Waals surface area (Å²) in [5.74, 6) is 1.01. The molecule has 4 heteroatoms. The Labute approximate surface area is 106 Å². The maximum Gasteiger partial charge on any atom is 0.130 e. The highest BCUT2D eigenvalue weighted by Crippen LogP contribution is 2.14. The summed E-state index contributed by atoms with van der Waals surface area (Å²) >= 11 is 0. The van der Waals surface area contributed by atoms with Crippen LogP contribution in [-0.4, -0.2) is 22.7 Å². The number of methoxy groups -OCH3 is 1. The first kappa shape index (κ1) is 12.4. The Morgan fingerprint density at radius 2 is 2.00 bits per heavy atom. The summed E-state index contributed by atoms with van der Waals surface area (Å²) in [6, 6.07) is 9.62. The molecule has 1 heterocycles. The summed E-state index contributed by atoms with van der Waals surface area (Å²) in [7, 11) is 1.64. The molecule has 0 unspecified atom stereocenters. The van der Waals surface area contributed by atoms with E-state index >= 15 is 0 Å². The van der Waals surface area contributed by atoms with Crippen LogP contribution in [-0.2, 0) is 11.2 Å². The lowest BCUT2D eigenvalue weighted by atomic mass is 10.2. The minimum atomic E-state index is 0.189. The molecule has 4 nitrogen and oxygen atoms in total. The fourth-order valence-corrected chi connectivity index (χ4v) is 1.68. The molecule has 0 bridgehead atoms. The summed E-state index contributed by atoms with van der Waals surface area (Å²) in [6.45, 7) is 1.60. The zero-order valence-corrected chi connectivity index (χ0v) is 10.6. The van der Waals surface area contributed by atoms with Gasteiger partial charge in [-0.1, -0.05) is 0 Å². The number of nitrogens with zero attached hydrogens (tertiary/aromatic N) is 2. The van der Waals surface area contributed by atoms with Crippen LogP contribution in [0, 0.1) is 0 Å². The van der Waals surface area contributed by atoms with Crippen LogP contribution in [0.1, 0.15) is 19.0 Å². The molecule has 0 saturated carbocycles. The van der Waals surface area contributed by atoms with Gasteiger partial charge in [-0.2, -0.15) is 5.10 Å². The van der Waals surface area contributed by atoms with Crippen LogP contribution >= 0.6 is 0 Å². The number of carbonyl (C=O) groups is 1. The van der Waals surface area contributed by atoms with E-state index in [1.165, 1.54) is 0 Å². The fraction of sp³-hybridized carbons (Fsp3) is 0.286. The molecule has 2 aromatic rings. The lowest BCUT2D eigenvalue weighted by Gasteiger charge is -2.03. The van der Waals surface area contributed by atoms with E-state index in [2.05, 4.69) is 5.10 Å². The lowest BCUT2D eigenvalue weighted by molar-refractivity contribution is -0.116. The molecule has 0 N–H and O–H groups in total. The standard InChI is InChI=1S/C14H16N2O2/c1-11(17)3-4-12-9-10-16(15-12)13-5-7-14(18-2)8-6-13/h5-10H,3-4H2,1-2H3. The molecule has 0 saturated heterocycles. The smallest absolute Gasteiger partial charge is 0.130 e. The first-order valence-corrected chi connectivity index (χ1v) is 5.87. The van der Waals surface area contributed by atoms with E-state index in [9.17, 15) is 4.79 Å². The van der Waals surface area contributed by atoms with Crippen molar-refractivity contribution in [3.63, 3.8) is 0 Å². The molecular formula is C14H16N2O2. The Balaban J connectivity index is 2.10. The van der Waals surface area contributed by atoms with Crippen LogP contribution in [0.15, 0.2) is 36.5 Å². The number of rotatable bonds is 5. The number of ether oxygens (including phenoxy) is 1. The number of aromatic nitrogens is 2. The number of ketones is 1. The molecule has 1 aromatic heterocycles. The van der Waals surface area contributed by atoms with Gasteiger partial charge in [0.2, 0.25) is 0 Å². The predicted molar refractivity (Wildman–Crippen MR) is 69.1 cm³/mol. The summed E-state index contributed by atoms with van der Waals surface area (Å²) < 4.78 is 6.91. The van der Waals surface area contributed by atoms with Crippen LogP contribution in [0.5, 0.6) is 5.75 Å². The number of Topliss-reactive ketones (excluding diaryl/α,β-unsaturated/α-hetero) is 1. The SMILES string of the molecule is COc1ccc(-n2ccc(CCC(C)=O)n2)cc1. The molecule has 1 aromatic carbocycles. The van der Waals surface area contributed by atoms with Crippen molar-refractivity contribution < 1.29 is 9.53 Å².